The predicted molar refractivity (Wildman–Crippen MR) is 114 cm³/mol. The van der Waals surface area contributed by atoms with Gasteiger partial charge in [0, 0.05) is 4.88 Å². The number of nitrogens with one attached hydrogen (secondary N) is 2. The molecule has 0 fully saturated rings. The second kappa shape index (κ2) is 9.38. The van der Waals surface area contributed by atoms with Gasteiger partial charge < -0.3 is 19.5 Å². The zero-order valence-electron chi connectivity index (χ0n) is 17.1. The molecule has 1 aliphatic carbocycles. The lowest BCUT2D eigenvalue weighted by Gasteiger charge is -2.26. The fraction of sp³-hybridized carbons (Fsp3) is 0.409. The number of para-hydroxylation sites is 2. The van der Waals surface area contributed by atoms with Gasteiger partial charge in [-0.2, -0.15) is 0 Å². The van der Waals surface area contributed by atoms with Crippen molar-refractivity contribution in [1.29, 1.82) is 0 Å². The van der Waals surface area contributed by atoms with Gasteiger partial charge in [0.15, 0.2) is 24.2 Å². The van der Waals surface area contributed by atoms with Gasteiger partial charge in [0.1, 0.15) is 11.5 Å². The lowest BCUT2D eigenvalue weighted by molar-refractivity contribution is -0.123. The topological polar surface area (TPSA) is 103 Å². The quantitative estimate of drug-likeness (QED) is 0.688. The highest BCUT2D eigenvalue weighted by Crippen LogP contribution is 2.32. The summed E-state index contributed by atoms with van der Waals surface area (Å²) in [6.07, 6.45) is 2.67. The first-order chi connectivity index (χ1) is 15.0. The number of amides is 3. The highest BCUT2D eigenvalue weighted by molar-refractivity contribution is 7.14. The SMILES string of the molecule is CC1CCc2sc(C(=O)OCC(=O)NC(=O)NCC3COc4ccccc4O3)cc2C1. The van der Waals surface area contributed by atoms with E-state index in [4.69, 9.17) is 14.2 Å². The summed E-state index contributed by atoms with van der Waals surface area (Å²) >= 11 is 1.42. The average molecular weight is 445 g/mol. The third kappa shape index (κ3) is 5.35. The highest BCUT2D eigenvalue weighted by atomic mass is 32.1. The maximum absolute atomic E-state index is 12.2. The van der Waals surface area contributed by atoms with Crippen LogP contribution >= 0.6 is 11.3 Å². The van der Waals surface area contributed by atoms with Crippen LogP contribution in [0.3, 0.4) is 0 Å². The van der Waals surface area contributed by atoms with E-state index in [-0.39, 0.29) is 19.3 Å². The van der Waals surface area contributed by atoms with Crippen LogP contribution < -0.4 is 20.1 Å². The number of urea groups is 1. The molecule has 8 nitrogen and oxygen atoms in total. The normalized spacial score (nSPS) is 19.1. The molecule has 1 aromatic carbocycles. The summed E-state index contributed by atoms with van der Waals surface area (Å²) in [6, 6.07) is 8.43. The van der Waals surface area contributed by atoms with Crippen LogP contribution in [-0.4, -0.2) is 43.8 Å². The Morgan fingerprint density at radius 2 is 2.03 bits per heavy atom. The summed E-state index contributed by atoms with van der Waals surface area (Å²) in [5.74, 6) is 0.617. The molecule has 9 heteroatoms. The van der Waals surface area contributed by atoms with Gasteiger partial charge in [-0.05, 0) is 48.9 Å². The third-order valence-corrected chi connectivity index (χ3v) is 6.39. The second-order valence-electron chi connectivity index (χ2n) is 7.74. The molecule has 1 aliphatic heterocycles. The molecule has 2 aliphatic rings. The molecule has 0 bridgehead atoms. The Hall–Kier alpha value is -3.07. The molecule has 2 unspecified atom stereocenters. The summed E-state index contributed by atoms with van der Waals surface area (Å²) in [6.45, 7) is 2.11. The van der Waals surface area contributed by atoms with E-state index in [0.717, 1.165) is 19.3 Å². The lowest BCUT2D eigenvalue weighted by atomic mass is 9.90. The van der Waals surface area contributed by atoms with Crippen molar-refractivity contribution in [2.45, 2.75) is 32.3 Å². The van der Waals surface area contributed by atoms with E-state index in [0.29, 0.717) is 22.3 Å². The molecule has 0 radical (unpaired) electrons. The highest BCUT2D eigenvalue weighted by Gasteiger charge is 2.23. The van der Waals surface area contributed by atoms with Crippen LogP contribution in [0.25, 0.3) is 0 Å². The molecule has 2 atom stereocenters. The zero-order chi connectivity index (χ0) is 21.8. The number of benzene rings is 1. The Morgan fingerprint density at radius 1 is 1.23 bits per heavy atom. The van der Waals surface area contributed by atoms with Crippen molar-refractivity contribution >= 4 is 29.2 Å². The smallest absolute Gasteiger partial charge is 0.348 e. The van der Waals surface area contributed by atoms with Crippen LogP contribution in [-0.2, 0) is 22.4 Å². The monoisotopic (exact) mass is 444 g/mol. The largest absolute Gasteiger partial charge is 0.486 e. The second-order valence-corrected chi connectivity index (χ2v) is 8.88. The maximum Gasteiger partial charge on any atom is 0.348 e. The summed E-state index contributed by atoms with van der Waals surface area (Å²) in [5, 5.41) is 4.70. The van der Waals surface area contributed by atoms with Crippen LogP contribution in [0.2, 0.25) is 0 Å². The number of aryl methyl sites for hydroxylation is 1. The minimum atomic E-state index is -0.702. The number of fused-ring (bicyclic) bond motifs is 2. The summed E-state index contributed by atoms with van der Waals surface area (Å²) in [4.78, 5) is 37.8. The van der Waals surface area contributed by atoms with Crippen LogP contribution in [0.4, 0.5) is 4.79 Å². The summed E-state index contributed by atoms with van der Waals surface area (Å²) in [7, 11) is 0. The van der Waals surface area contributed by atoms with Crippen molar-refractivity contribution in [3.05, 3.63) is 45.6 Å². The van der Waals surface area contributed by atoms with E-state index in [1.54, 1.807) is 12.1 Å². The Morgan fingerprint density at radius 3 is 2.87 bits per heavy atom. The molecular weight excluding hydrogens is 420 g/mol. The predicted octanol–water partition coefficient (Wildman–Crippen LogP) is 2.70. The molecule has 2 heterocycles. The van der Waals surface area contributed by atoms with Crippen LogP contribution in [0.5, 0.6) is 11.5 Å². The molecule has 1 aromatic heterocycles. The fourth-order valence-corrected chi connectivity index (χ4v) is 4.69. The van der Waals surface area contributed by atoms with Crippen molar-refractivity contribution in [3.8, 4) is 11.5 Å². The molecule has 2 aromatic rings. The Labute approximate surface area is 183 Å². The van der Waals surface area contributed by atoms with Gasteiger partial charge in [0.05, 0.1) is 6.54 Å². The van der Waals surface area contributed by atoms with E-state index < -0.39 is 24.5 Å². The number of ether oxygens (including phenoxy) is 3. The van der Waals surface area contributed by atoms with Crippen LogP contribution in [0.1, 0.15) is 33.5 Å². The van der Waals surface area contributed by atoms with Gasteiger partial charge in [-0.15, -0.1) is 11.3 Å². The van der Waals surface area contributed by atoms with Crippen LogP contribution in [0.15, 0.2) is 30.3 Å². The molecule has 0 saturated carbocycles. The fourth-order valence-electron chi connectivity index (χ4n) is 3.59. The number of rotatable bonds is 5. The Kier molecular flexibility index (Phi) is 6.41. The van der Waals surface area contributed by atoms with Crippen LogP contribution in [0, 0.1) is 5.92 Å². The first kappa shape index (κ1) is 21.2. The van der Waals surface area contributed by atoms with E-state index in [1.807, 2.05) is 18.2 Å². The molecular formula is C22H24N2O6S. The maximum atomic E-state index is 12.2. The molecule has 2 N–H and O–H groups in total. The average Bonchev–Trinajstić information content (AvgIpc) is 3.19. The minimum absolute atomic E-state index is 0.159. The molecule has 31 heavy (non-hydrogen) atoms. The first-order valence-electron chi connectivity index (χ1n) is 10.2. The Bertz CT molecular complexity index is 988. The van der Waals surface area contributed by atoms with Crippen molar-refractivity contribution in [2.75, 3.05) is 19.8 Å². The number of carbonyl (C=O) groups excluding carboxylic acids is 3. The molecule has 3 amide bonds. The van der Waals surface area contributed by atoms with E-state index in [2.05, 4.69) is 17.6 Å². The van der Waals surface area contributed by atoms with Gasteiger partial charge in [-0.25, -0.2) is 9.59 Å². The van der Waals surface area contributed by atoms with Gasteiger partial charge in [0.25, 0.3) is 5.91 Å². The standard InChI is InChI=1S/C22H24N2O6S/c1-13-6-7-18-14(8-13)9-19(31-18)21(26)29-12-20(25)24-22(27)23-10-15-11-28-16-4-2-3-5-17(16)30-15/h2-5,9,13,15H,6-8,10-12H2,1H3,(H2,23,24,25,27). The van der Waals surface area contributed by atoms with Crippen molar-refractivity contribution in [1.82, 2.24) is 10.6 Å². The zero-order valence-corrected chi connectivity index (χ0v) is 18.0. The van der Waals surface area contributed by atoms with Gasteiger partial charge >= 0.3 is 12.0 Å². The molecule has 164 valence electrons. The number of carbonyl (C=O) groups is 3. The van der Waals surface area contributed by atoms with E-state index >= 15 is 0 Å². The third-order valence-electron chi connectivity index (χ3n) is 5.18. The van der Waals surface area contributed by atoms with E-state index in [9.17, 15) is 14.4 Å². The van der Waals surface area contributed by atoms with Crippen molar-refractivity contribution in [2.24, 2.45) is 5.92 Å². The van der Waals surface area contributed by atoms with E-state index in [1.165, 1.54) is 21.8 Å². The number of esters is 1. The number of hydrogen-bond acceptors (Lipinski definition) is 7. The van der Waals surface area contributed by atoms with Gasteiger partial charge in [-0.3, -0.25) is 10.1 Å². The number of imide groups is 1. The summed E-state index contributed by atoms with van der Waals surface area (Å²) in [5.41, 5.74) is 1.19. The van der Waals surface area contributed by atoms with Crippen molar-refractivity contribution < 1.29 is 28.6 Å². The molecule has 0 spiro atoms. The number of hydrogen-bond donors (Lipinski definition) is 2. The molecule has 4 rings (SSSR count). The minimum Gasteiger partial charge on any atom is -0.486 e. The van der Waals surface area contributed by atoms with Crippen molar-refractivity contribution in [3.63, 3.8) is 0 Å². The first-order valence-corrected chi connectivity index (χ1v) is 11.0. The summed E-state index contributed by atoms with van der Waals surface area (Å²) < 4.78 is 16.4. The Balaban J connectivity index is 1.18. The van der Waals surface area contributed by atoms with Gasteiger partial charge in [0.2, 0.25) is 0 Å². The number of thiophene rings is 1. The van der Waals surface area contributed by atoms with Gasteiger partial charge in [-0.1, -0.05) is 19.1 Å². The lowest BCUT2D eigenvalue weighted by Crippen LogP contribution is -2.46. The molecule has 0 saturated heterocycles.